The fraction of sp³-hybridized carbons (Fsp3) is 0.467. The quantitative estimate of drug-likeness (QED) is 0.889. The first-order valence-corrected chi connectivity index (χ1v) is 7.82. The van der Waals surface area contributed by atoms with Crippen LogP contribution in [-0.4, -0.2) is 27.4 Å². The summed E-state index contributed by atoms with van der Waals surface area (Å²) in [5.41, 5.74) is 0.0148. The molecule has 21 heavy (non-hydrogen) atoms. The molecule has 1 aliphatic rings. The summed E-state index contributed by atoms with van der Waals surface area (Å²) in [7, 11) is 0. The van der Waals surface area contributed by atoms with Crippen LogP contribution in [0.15, 0.2) is 30.3 Å². The Bertz CT molecular complexity index is 600. The molecule has 1 saturated carbocycles. The summed E-state index contributed by atoms with van der Waals surface area (Å²) >= 11 is 1.39. The van der Waals surface area contributed by atoms with Gasteiger partial charge in [0.1, 0.15) is 16.9 Å². The molecule has 0 unspecified atom stereocenters. The van der Waals surface area contributed by atoms with Crippen LogP contribution in [0, 0.1) is 5.41 Å². The topological polar surface area (TPSA) is 67.3 Å². The maximum absolute atomic E-state index is 9.03. The second-order valence-corrected chi connectivity index (χ2v) is 6.89. The summed E-state index contributed by atoms with van der Waals surface area (Å²) in [4.78, 5) is 0. The summed E-state index contributed by atoms with van der Waals surface area (Å²) in [5, 5.41) is 21.8. The van der Waals surface area contributed by atoms with Crippen LogP contribution < -0.4 is 10.1 Å². The highest BCUT2D eigenvalue weighted by Crippen LogP contribution is 2.44. The van der Waals surface area contributed by atoms with Crippen LogP contribution in [0.5, 0.6) is 5.75 Å². The standard InChI is InChI=1S/C15H19N3O2S/c1-15(2)11(16-14-18-17-13(9-19)21-14)8-12(15)20-10-6-4-3-5-7-10/h3-7,11-12,19H,8-9H2,1-2H3,(H,16,18)/t11-,12+/m1/s1. The van der Waals surface area contributed by atoms with Crippen molar-refractivity contribution in [3.05, 3.63) is 35.3 Å². The Labute approximate surface area is 128 Å². The van der Waals surface area contributed by atoms with Crippen LogP contribution in [0.2, 0.25) is 0 Å². The van der Waals surface area contributed by atoms with Crippen molar-refractivity contribution in [2.75, 3.05) is 5.32 Å². The summed E-state index contributed by atoms with van der Waals surface area (Å²) < 4.78 is 6.05. The summed E-state index contributed by atoms with van der Waals surface area (Å²) in [5.74, 6) is 0.910. The molecule has 0 amide bonds. The Morgan fingerprint density at radius 1 is 1.33 bits per heavy atom. The summed E-state index contributed by atoms with van der Waals surface area (Å²) in [6, 6.07) is 10.2. The molecule has 2 aromatic rings. The predicted molar refractivity (Wildman–Crippen MR) is 82.5 cm³/mol. The smallest absolute Gasteiger partial charge is 0.205 e. The van der Waals surface area contributed by atoms with E-state index < -0.39 is 0 Å². The third kappa shape index (κ3) is 2.87. The zero-order valence-electron chi connectivity index (χ0n) is 12.1. The zero-order chi connectivity index (χ0) is 14.9. The van der Waals surface area contributed by atoms with Crippen LogP contribution in [0.25, 0.3) is 0 Å². The van der Waals surface area contributed by atoms with Gasteiger partial charge in [-0.3, -0.25) is 0 Å². The SMILES string of the molecule is CC1(C)[C@@H](Oc2ccccc2)C[C@H]1Nc1nnc(CO)s1. The third-order valence-corrected chi connectivity index (χ3v) is 4.94. The van der Waals surface area contributed by atoms with Gasteiger partial charge >= 0.3 is 0 Å². The predicted octanol–water partition coefficient (Wildman–Crippen LogP) is 2.69. The van der Waals surface area contributed by atoms with E-state index in [1.807, 2.05) is 30.3 Å². The number of nitrogens with one attached hydrogen (secondary N) is 1. The van der Waals surface area contributed by atoms with Crippen molar-refractivity contribution < 1.29 is 9.84 Å². The molecule has 6 heteroatoms. The minimum Gasteiger partial charge on any atom is -0.490 e. The van der Waals surface area contributed by atoms with E-state index in [1.165, 1.54) is 11.3 Å². The third-order valence-electron chi connectivity index (χ3n) is 4.10. The lowest BCUT2D eigenvalue weighted by Crippen LogP contribution is -2.59. The fourth-order valence-electron chi connectivity index (χ4n) is 2.52. The Morgan fingerprint density at radius 2 is 2.10 bits per heavy atom. The van der Waals surface area contributed by atoms with Gasteiger partial charge in [-0.2, -0.15) is 0 Å². The first-order chi connectivity index (χ1) is 10.1. The van der Waals surface area contributed by atoms with Crippen molar-refractivity contribution in [2.45, 2.75) is 39.0 Å². The van der Waals surface area contributed by atoms with Gasteiger partial charge in [0.25, 0.3) is 0 Å². The lowest BCUT2D eigenvalue weighted by Gasteiger charge is -2.51. The van der Waals surface area contributed by atoms with E-state index >= 15 is 0 Å². The number of hydrogen-bond acceptors (Lipinski definition) is 6. The number of aliphatic hydroxyl groups is 1. The van der Waals surface area contributed by atoms with Crippen molar-refractivity contribution in [2.24, 2.45) is 5.41 Å². The normalized spacial score (nSPS) is 23.4. The maximum atomic E-state index is 9.03. The molecule has 3 rings (SSSR count). The number of aromatic nitrogens is 2. The van der Waals surface area contributed by atoms with Crippen LogP contribution >= 0.6 is 11.3 Å². The van der Waals surface area contributed by atoms with Gasteiger partial charge in [0, 0.05) is 17.9 Å². The van der Waals surface area contributed by atoms with Gasteiger partial charge in [0.2, 0.25) is 5.13 Å². The van der Waals surface area contributed by atoms with Gasteiger partial charge in [0.05, 0.1) is 6.61 Å². The van der Waals surface area contributed by atoms with E-state index in [-0.39, 0.29) is 18.1 Å². The Balaban J connectivity index is 1.60. The lowest BCUT2D eigenvalue weighted by atomic mass is 9.64. The minimum absolute atomic E-state index is 0.0148. The second kappa shape index (κ2) is 5.61. The number of benzene rings is 1. The highest BCUT2D eigenvalue weighted by atomic mass is 32.1. The fourth-order valence-corrected chi connectivity index (χ4v) is 3.17. The van der Waals surface area contributed by atoms with E-state index in [1.54, 1.807) is 0 Å². The monoisotopic (exact) mass is 305 g/mol. The lowest BCUT2D eigenvalue weighted by molar-refractivity contribution is -0.0320. The molecule has 2 N–H and O–H groups in total. The summed E-state index contributed by atoms with van der Waals surface area (Å²) in [6.45, 7) is 4.32. The molecule has 1 heterocycles. The molecule has 1 aliphatic carbocycles. The molecule has 112 valence electrons. The number of para-hydroxylation sites is 1. The summed E-state index contributed by atoms with van der Waals surface area (Å²) in [6.07, 6.45) is 1.11. The van der Waals surface area contributed by atoms with Gasteiger partial charge in [-0.25, -0.2) is 0 Å². The maximum Gasteiger partial charge on any atom is 0.205 e. The van der Waals surface area contributed by atoms with Gasteiger partial charge in [-0.1, -0.05) is 43.4 Å². The first-order valence-electron chi connectivity index (χ1n) is 7.01. The van der Waals surface area contributed by atoms with Crippen molar-refractivity contribution in [1.82, 2.24) is 10.2 Å². The molecule has 2 atom stereocenters. The molecule has 1 fully saturated rings. The highest BCUT2D eigenvalue weighted by molar-refractivity contribution is 7.15. The number of rotatable bonds is 5. The molecular formula is C15H19N3O2S. The van der Waals surface area contributed by atoms with E-state index in [4.69, 9.17) is 9.84 Å². The first kappa shape index (κ1) is 14.3. The molecule has 0 radical (unpaired) electrons. The van der Waals surface area contributed by atoms with Gasteiger partial charge < -0.3 is 15.2 Å². The van der Waals surface area contributed by atoms with Crippen LogP contribution in [0.4, 0.5) is 5.13 Å². The molecule has 0 saturated heterocycles. The number of aliphatic hydroxyl groups excluding tert-OH is 1. The van der Waals surface area contributed by atoms with Crippen molar-refractivity contribution >= 4 is 16.5 Å². The zero-order valence-corrected chi connectivity index (χ0v) is 12.9. The highest BCUT2D eigenvalue weighted by Gasteiger charge is 2.50. The number of ether oxygens (including phenoxy) is 1. The number of anilines is 1. The molecule has 5 nitrogen and oxygen atoms in total. The average molecular weight is 305 g/mol. The van der Waals surface area contributed by atoms with Crippen molar-refractivity contribution in [3.8, 4) is 5.75 Å². The Hall–Kier alpha value is -1.66. The van der Waals surface area contributed by atoms with Gasteiger partial charge in [-0.15, -0.1) is 10.2 Å². The van der Waals surface area contributed by atoms with Crippen LogP contribution in [0.1, 0.15) is 25.3 Å². The average Bonchev–Trinajstić information content (AvgIpc) is 2.95. The van der Waals surface area contributed by atoms with Crippen molar-refractivity contribution in [3.63, 3.8) is 0 Å². The minimum atomic E-state index is -0.0624. The molecule has 1 aromatic carbocycles. The molecule has 0 aliphatic heterocycles. The number of hydrogen-bond donors (Lipinski definition) is 2. The largest absolute Gasteiger partial charge is 0.490 e. The molecule has 0 spiro atoms. The van der Waals surface area contributed by atoms with Gasteiger partial charge in [-0.05, 0) is 12.1 Å². The van der Waals surface area contributed by atoms with E-state index in [2.05, 4.69) is 29.4 Å². The van der Waals surface area contributed by atoms with E-state index in [0.29, 0.717) is 11.0 Å². The Morgan fingerprint density at radius 3 is 2.71 bits per heavy atom. The molecular weight excluding hydrogens is 286 g/mol. The van der Waals surface area contributed by atoms with Gasteiger partial charge in [0.15, 0.2) is 0 Å². The van der Waals surface area contributed by atoms with Crippen molar-refractivity contribution in [1.29, 1.82) is 0 Å². The van der Waals surface area contributed by atoms with Crippen LogP contribution in [0.3, 0.4) is 0 Å². The second-order valence-electron chi connectivity index (χ2n) is 5.83. The molecule has 1 aromatic heterocycles. The molecule has 0 bridgehead atoms. The van der Waals surface area contributed by atoms with E-state index in [0.717, 1.165) is 17.3 Å². The van der Waals surface area contributed by atoms with E-state index in [9.17, 15) is 0 Å². The number of nitrogens with zero attached hydrogens (tertiary/aromatic N) is 2. The van der Waals surface area contributed by atoms with Crippen LogP contribution in [-0.2, 0) is 6.61 Å². The Kier molecular flexibility index (Phi) is 3.82.